The highest BCUT2D eigenvalue weighted by Gasteiger charge is 2.12. The van der Waals surface area contributed by atoms with Crippen molar-refractivity contribution in [3.63, 3.8) is 0 Å². The lowest BCUT2D eigenvalue weighted by Gasteiger charge is -2.15. The molecule has 0 bridgehead atoms. The molecule has 5 heteroatoms. The first-order valence-electron chi connectivity index (χ1n) is 5.55. The number of aryl methyl sites for hydroxylation is 1. The van der Waals surface area contributed by atoms with Crippen LogP contribution in [0.3, 0.4) is 0 Å². The Morgan fingerprint density at radius 3 is 2.83 bits per heavy atom. The third-order valence-electron chi connectivity index (χ3n) is 2.72. The van der Waals surface area contributed by atoms with Gasteiger partial charge in [0.15, 0.2) is 0 Å². The zero-order chi connectivity index (χ0) is 13.1. The predicted molar refractivity (Wildman–Crippen MR) is 66.4 cm³/mol. The van der Waals surface area contributed by atoms with E-state index in [2.05, 4.69) is 10.3 Å². The first kappa shape index (κ1) is 12.1. The fraction of sp³-hybridized carbons (Fsp3) is 0.231. The van der Waals surface area contributed by atoms with E-state index in [0.29, 0.717) is 11.3 Å². The first-order chi connectivity index (χ1) is 8.61. The number of rotatable bonds is 3. The highest BCUT2D eigenvalue weighted by Crippen LogP contribution is 2.21. The molecule has 0 saturated heterocycles. The van der Waals surface area contributed by atoms with Gasteiger partial charge in [0.2, 0.25) is 0 Å². The van der Waals surface area contributed by atoms with Crippen LogP contribution in [0.15, 0.2) is 30.6 Å². The lowest BCUT2D eigenvalue weighted by atomic mass is 10.2. The van der Waals surface area contributed by atoms with Crippen molar-refractivity contribution >= 4 is 5.69 Å². The van der Waals surface area contributed by atoms with Gasteiger partial charge in [0.25, 0.3) is 0 Å². The molecule has 1 N–H and O–H groups in total. The average molecular weight is 244 g/mol. The molecule has 18 heavy (non-hydrogen) atoms. The molecular formula is C13H13FN4. The number of nitriles is 1. The standard InChI is InChI=1S/C13H13FN4/c1-9(13-16-5-6-18(13)2)17-12-4-3-10(8-15)7-11(12)14/h3-7,9,17H,1-2H3. The van der Waals surface area contributed by atoms with Gasteiger partial charge in [-0.2, -0.15) is 5.26 Å². The molecule has 1 aromatic carbocycles. The summed E-state index contributed by atoms with van der Waals surface area (Å²) in [6, 6.07) is 6.14. The van der Waals surface area contributed by atoms with Gasteiger partial charge >= 0.3 is 0 Å². The fourth-order valence-corrected chi connectivity index (χ4v) is 1.79. The van der Waals surface area contributed by atoms with Crippen LogP contribution in [0.2, 0.25) is 0 Å². The topological polar surface area (TPSA) is 53.6 Å². The number of halogens is 1. The van der Waals surface area contributed by atoms with Gasteiger partial charge in [0, 0.05) is 19.4 Å². The molecule has 92 valence electrons. The zero-order valence-corrected chi connectivity index (χ0v) is 10.2. The molecule has 0 amide bonds. The third-order valence-corrected chi connectivity index (χ3v) is 2.72. The van der Waals surface area contributed by atoms with E-state index in [9.17, 15) is 4.39 Å². The van der Waals surface area contributed by atoms with Crippen LogP contribution in [0.1, 0.15) is 24.4 Å². The Labute approximate surface area is 105 Å². The second-order valence-electron chi connectivity index (χ2n) is 4.07. The van der Waals surface area contributed by atoms with Crippen LogP contribution in [-0.2, 0) is 7.05 Å². The van der Waals surface area contributed by atoms with E-state index in [1.807, 2.05) is 30.8 Å². The summed E-state index contributed by atoms with van der Waals surface area (Å²) >= 11 is 0. The molecule has 0 saturated carbocycles. The minimum Gasteiger partial charge on any atom is -0.373 e. The first-order valence-corrected chi connectivity index (χ1v) is 5.55. The molecule has 1 atom stereocenters. The van der Waals surface area contributed by atoms with Crippen LogP contribution in [0.4, 0.5) is 10.1 Å². The summed E-state index contributed by atoms with van der Waals surface area (Å²) in [6.07, 6.45) is 3.53. The van der Waals surface area contributed by atoms with Crippen molar-refractivity contribution in [1.82, 2.24) is 9.55 Å². The predicted octanol–water partition coefficient (Wildman–Crippen LogP) is 2.60. The van der Waals surface area contributed by atoms with Gasteiger partial charge in [-0.25, -0.2) is 9.37 Å². The maximum absolute atomic E-state index is 13.7. The van der Waals surface area contributed by atoms with Crippen molar-refractivity contribution in [2.45, 2.75) is 13.0 Å². The van der Waals surface area contributed by atoms with Gasteiger partial charge < -0.3 is 9.88 Å². The Kier molecular flexibility index (Phi) is 3.28. The van der Waals surface area contributed by atoms with Crippen molar-refractivity contribution in [2.24, 2.45) is 7.05 Å². The minimum atomic E-state index is -0.435. The smallest absolute Gasteiger partial charge is 0.147 e. The van der Waals surface area contributed by atoms with Crippen molar-refractivity contribution in [1.29, 1.82) is 5.26 Å². The van der Waals surface area contributed by atoms with E-state index < -0.39 is 5.82 Å². The molecular weight excluding hydrogens is 231 g/mol. The zero-order valence-electron chi connectivity index (χ0n) is 10.2. The van der Waals surface area contributed by atoms with E-state index in [4.69, 9.17) is 5.26 Å². The summed E-state index contributed by atoms with van der Waals surface area (Å²) in [5, 5.41) is 11.7. The molecule has 0 aliphatic carbocycles. The van der Waals surface area contributed by atoms with Crippen LogP contribution in [0, 0.1) is 17.1 Å². The largest absolute Gasteiger partial charge is 0.373 e. The number of hydrogen-bond donors (Lipinski definition) is 1. The molecule has 2 rings (SSSR count). The van der Waals surface area contributed by atoms with Crippen LogP contribution >= 0.6 is 0 Å². The summed E-state index contributed by atoms with van der Waals surface area (Å²) in [4.78, 5) is 4.20. The van der Waals surface area contributed by atoms with Gasteiger partial charge in [-0.1, -0.05) is 0 Å². The van der Waals surface area contributed by atoms with Crippen LogP contribution in [0.25, 0.3) is 0 Å². The summed E-state index contributed by atoms with van der Waals surface area (Å²) in [7, 11) is 1.88. The SMILES string of the molecule is CC(Nc1ccc(C#N)cc1F)c1nccn1C. The number of benzene rings is 1. The quantitative estimate of drug-likeness (QED) is 0.902. The van der Waals surface area contributed by atoms with E-state index in [1.54, 1.807) is 18.3 Å². The van der Waals surface area contributed by atoms with Crippen molar-refractivity contribution < 1.29 is 4.39 Å². The summed E-state index contributed by atoms with van der Waals surface area (Å²) < 4.78 is 15.6. The lowest BCUT2D eigenvalue weighted by molar-refractivity contribution is 0.623. The number of anilines is 1. The average Bonchev–Trinajstić information content (AvgIpc) is 2.78. The molecule has 0 spiro atoms. The van der Waals surface area contributed by atoms with Gasteiger partial charge in [0.1, 0.15) is 11.6 Å². The highest BCUT2D eigenvalue weighted by molar-refractivity contribution is 5.49. The van der Waals surface area contributed by atoms with Gasteiger partial charge in [-0.15, -0.1) is 0 Å². The van der Waals surface area contributed by atoms with Crippen molar-refractivity contribution in [3.05, 3.63) is 47.8 Å². The molecule has 1 unspecified atom stereocenters. The molecule has 2 aromatic rings. The fourth-order valence-electron chi connectivity index (χ4n) is 1.79. The van der Waals surface area contributed by atoms with Crippen molar-refractivity contribution in [2.75, 3.05) is 5.32 Å². The molecule has 1 heterocycles. The Balaban J connectivity index is 2.20. The second kappa shape index (κ2) is 4.88. The molecule has 0 aliphatic rings. The molecule has 1 aromatic heterocycles. The molecule has 0 fully saturated rings. The summed E-state index contributed by atoms with van der Waals surface area (Å²) in [6.45, 7) is 1.90. The molecule has 0 aliphatic heterocycles. The van der Waals surface area contributed by atoms with Crippen LogP contribution in [-0.4, -0.2) is 9.55 Å². The van der Waals surface area contributed by atoms with E-state index in [1.165, 1.54) is 6.07 Å². The maximum Gasteiger partial charge on any atom is 0.147 e. The Morgan fingerprint density at radius 1 is 1.50 bits per heavy atom. The minimum absolute atomic E-state index is 0.118. The number of imidazole rings is 1. The number of hydrogen-bond acceptors (Lipinski definition) is 3. The van der Waals surface area contributed by atoms with E-state index in [0.717, 1.165) is 5.82 Å². The maximum atomic E-state index is 13.7. The Hall–Kier alpha value is -2.35. The summed E-state index contributed by atoms with van der Waals surface area (Å²) in [5.74, 6) is 0.383. The Bertz CT molecular complexity index is 597. The number of nitrogens with zero attached hydrogens (tertiary/aromatic N) is 3. The van der Waals surface area contributed by atoms with Gasteiger partial charge in [-0.05, 0) is 25.1 Å². The number of aromatic nitrogens is 2. The lowest BCUT2D eigenvalue weighted by Crippen LogP contribution is -2.12. The van der Waals surface area contributed by atoms with Crippen molar-refractivity contribution in [3.8, 4) is 6.07 Å². The molecule has 4 nitrogen and oxygen atoms in total. The highest BCUT2D eigenvalue weighted by atomic mass is 19.1. The van der Waals surface area contributed by atoms with E-state index in [-0.39, 0.29) is 6.04 Å². The van der Waals surface area contributed by atoms with Crippen LogP contribution in [0.5, 0.6) is 0 Å². The molecule has 0 radical (unpaired) electrons. The van der Waals surface area contributed by atoms with Gasteiger partial charge in [-0.3, -0.25) is 0 Å². The van der Waals surface area contributed by atoms with Crippen LogP contribution < -0.4 is 5.32 Å². The number of nitrogens with one attached hydrogen (secondary N) is 1. The Morgan fingerprint density at radius 2 is 2.28 bits per heavy atom. The third kappa shape index (κ3) is 2.33. The van der Waals surface area contributed by atoms with Gasteiger partial charge in [0.05, 0.1) is 23.4 Å². The monoisotopic (exact) mass is 244 g/mol. The summed E-state index contributed by atoms with van der Waals surface area (Å²) in [5.41, 5.74) is 0.673. The van der Waals surface area contributed by atoms with E-state index >= 15 is 0 Å². The second-order valence-corrected chi connectivity index (χ2v) is 4.07. The normalized spacial score (nSPS) is 11.9.